The summed E-state index contributed by atoms with van der Waals surface area (Å²) in [6.45, 7) is 8.15. The van der Waals surface area contributed by atoms with Crippen LogP contribution in [-0.2, 0) is 35.3 Å². The van der Waals surface area contributed by atoms with Crippen molar-refractivity contribution >= 4 is 39.1 Å². The van der Waals surface area contributed by atoms with Gasteiger partial charge in [-0.25, -0.2) is 13.2 Å². The molecule has 10 nitrogen and oxygen atoms in total. The Kier molecular flexibility index (Phi) is 13.0. The number of carbonyl (C=O) groups excluding carboxylic acids is 2. The minimum Gasteiger partial charge on any atom is -0.462 e. The lowest BCUT2D eigenvalue weighted by Gasteiger charge is -2.27. The molecule has 1 unspecified atom stereocenters. The fourth-order valence-electron chi connectivity index (χ4n) is 4.43. The maximum Gasteiger partial charge on any atom is 0.340 e. The van der Waals surface area contributed by atoms with Gasteiger partial charge in [-0.1, -0.05) is 35.9 Å². The van der Waals surface area contributed by atoms with Crippen LogP contribution in [0.1, 0.15) is 55.3 Å². The van der Waals surface area contributed by atoms with E-state index in [9.17, 15) is 23.1 Å². The van der Waals surface area contributed by atoms with E-state index in [1.165, 1.54) is 30.3 Å². The Morgan fingerprint density at radius 2 is 1.67 bits per heavy atom. The van der Waals surface area contributed by atoms with Crippen molar-refractivity contribution < 1.29 is 37.3 Å². The molecule has 3 aromatic rings. The van der Waals surface area contributed by atoms with Gasteiger partial charge in [0.2, 0.25) is 9.84 Å². The van der Waals surface area contributed by atoms with Gasteiger partial charge in [0.15, 0.2) is 0 Å². The molecule has 2 atom stereocenters. The molecular formula is C33H41ClN2O8S. The third-order valence-electron chi connectivity index (χ3n) is 6.60. The van der Waals surface area contributed by atoms with E-state index >= 15 is 0 Å². The molecule has 0 spiro atoms. The minimum absolute atomic E-state index is 0.0486. The normalized spacial score (nSPS) is 13.1. The number of ether oxygens (including phenoxy) is 3. The van der Waals surface area contributed by atoms with Crippen LogP contribution < -0.4 is 10.6 Å². The zero-order valence-corrected chi connectivity index (χ0v) is 27.7. The molecule has 3 N–H and O–H groups in total. The average Bonchev–Trinajstić information content (AvgIpc) is 2.98. The average molecular weight is 661 g/mol. The molecule has 3 aromatic carbocycles. The number of anilines is 1. The predicted octanol–water partition coefficient (Wildman–Crippen LogP) is 4.98. The minimum atomic E-state index is -3.96. The van der Waals surface area contributed by atoms with Crippen LogP contribution >= 0.6 is 11.6 Å². The van der Waals surface area contributed by atoms with Gasteiger partial charge < -0.3 is 30.0 Å². The second-order valence-electron chi connectivity index (χ2n) is 11.2. The predicted molar refractivity (Wildman–Crippen MR) is 172 cm³/mol. The molecule has 0 radical (unpaired) electrons. The number of halogens is 1. The molecule has 12 heteroatoms. The summed E-state index contributed by atoms with van der Waals surface area (Å²) in [7, 11) is -2.40. The van der Waals surface area contributed by atoms with E-state index in [0.29, 0.717) is 35.8 Å². The van der Waals surface area contributed by atoms with Crippen molar-refractivity contribution in [1.29, 1.82) is 0 Å². The SMILES string of the molecule is CCOC(=O)c1cc(S(=O)(=O)c2ccc(CCNC(C(=O)OC(C)(C)C)[C@H](O)c3cccc(Cl)c3)cc2)ccc1NCCOC. The summed E-state index contributed by atoms with van der Waals surface area (Å²) in [5, 5.41) is 17.6. The highest BCUT2D eigenvalue weighted by Gasteiger charge is 2.32. The van der Waals surface area contributed by atoms with Crippen molar-refractivity contribution in [3.05, 3.63) is 88.4 Å². The van der Waals surface area contributed by atoms with E-state index in [2.05, 4.69) is 10.6 Å². The van der Waals surface area contributed by atoms with E-state index in [1.807, 2.05) is 0 Å². The smallest absolute Gasteiger partial charge is 0.340 e. The van der Waals surface area contributed by atoms with E-state index in [4.69, 9.17) is 25.8 Å². The number of carbonyl (C=O) groups is 2. The monoisotopic (exact) mass is 660 g/mol. The Morgan fingerprint density at radius 3 is 2.29 bits per heavy atom. The van der Waals surface area contributed by atoms with Gasteiger partial charge >= 0.3 is 11.9 Å². The van der Waals surface area contributed by atoms with Crippen molar-refractivity contribution in [2.24, 2.45) is 0 Å². The number of hydrogen-bond donors (Lipinski definition) is 3. The maximum atomic E-state index is 13.5. The number of aliphatic hydroxyl groups excluding tert-OH is 1. The summed E-state index contributed by atoms with van der Waals surface area (Å²) in [6, 6.07) is 16.2. The molecule has 0 saturated carbocycles. The molecule has 45 heavy (non-hydrogen) atoms. The molecule has 0 fully saturated rings. The number of esters is 2. The standard InChI is InChI=1S/C33H41ClN2O8S/c1-6-43-31(38)27-21-26(14-15-28(27)35-18-19-42-5)45(40,41)25-12-10-22(11-13-25)16-17-36-29(32(39)44-33(2,3)4)30(37)23-8-7-9-24(34)20-23/h7-15,20-21,29-30,35-37H,6,16-19H2,1-5H3/t29?,30-/m1/s1. The van der Waals surface area contributed by atoms with Crippen molar-refractivity contribution in [2.45, 2.75) is 61.7 Å². The summed E-state index contributed by atoms with van der Waals surface area (Å²) >= 11 is 6.09. The molecule has 0 heterocycles. The quantitative estimate of drug-likeness (QED) is 0.151. The molecule has 3 rings (SSSR count). The number of benzene rings is 3. The lowest BCUT2D eigenvalue weighted by Crippen LogP contribution is -2.46. The van der Waals surface area contributed by atoms with Crippen LogP contribution in [-0.4, -0.2) is 70.5 Å². The fraction of sp³-hybridized carbons (Fsp3) is 0.394. The molecular weight excluding hydrogens is 620 g/mol. The Bertz CT molecular complexity index is 1560. The zero-order valence-electron chi connectivity index (χ0n) is 26.1. The van der Waals surface area contributed by atoms with Gasteiger partial charge in [-0.15, -0.1) is 0 Å². The van der Waals surface area contributed by atoms with Gasteiger partial charge in [-0.3, -0.25) is 4.79 Å². The van der Waals surface area contributed by atoms with Crippen molar-refractivity contribution in [3.63, 3.8) is 0 Å². The van der Waals surface area contributed by atoms with Gasteiger partial charge in [-0.2, -0.15) is 0 Å². The first kappa shape index (κ1) is 36.0. The maximum absolute atomic E-state index is 13.5. The summed E-state index contributed by atoms with van der Waals surface area (Å²) in [4.78, 5) is 25.6. The highest BCUT2D eigenvalue weighted by molar-refractivity contribution is 7.91. The third-order valence-corrected chi connectivity index (χ3v) is 8.60. The molecule has 0 aliphatic carbocycles. The van der Waals surface area contributed by atoms with Crippen molar-refractivity contribution in [1.82, 2.24) is 5.32 Å². The van der Waals surface area contributed by atoms with Crippen molar-refractivity contribution in [3.8, 4) is 0 Å². The highest BCUT2D eigenvalue weighted by atomic mass is 35.5. The lowest BCUT2D eigenvalue weighted by atomic mass is 10.0. The Morgan fingerprint density at radius 1 is 0.978 bits per heavy atom. The summed E-state index contributed by atoms with van der Waals surface area (Å²) < 4.78 is 42.7. The lowest BCUT2D eigenvalue weighted by molar-refractivity contribution is -0.160. The summed E-state index contributed by atoms with van der Waals surface area (Å²) in [5.41, 5.74) is 1.05. The van der Waals surface area contributed by atoms with Crippen LogP contribution in [0.15, 0.2) is 76.5 Å². The number of aliphatic hydroxyl groups is 1. The Labute approximate surface area is 270 Å². The number of nitrogens with one attached hydrogen (secondary N) is 2. The number of methoxy groups -OCH3 is 1. The number of hydrogen-bond acceptors (Lipinski definition) is 10. The molecule has 0 amide bonds. The van der Waals surface area contributed by atoms with Crippen LogP contribution in [0, 0.1) is 0 Å². The zero-order chi connectivity index (χ0) is 33.2. The van der Waals surface area contributed by atoms with Crippen LogP contribution in [0.3, 0.4) is 0 Å². The number of sulfone groups is 1. The first-order chi connectivity index (χ1) is 21.3. The van der Waals surface area contributed by atoms with Gasteiger partial charge in [0.25, 0.3) is 0 Å². The summed E-state index contributed by atoms with van der Waals surface area (Å²) in [6.07, 6.45) is -0.788. The van der Waals surface area contributed by atoms with Crippen LogP contribution in [0.5, 0.6) is 0 Å². The highest BCUT2D eigenvalue weighted by Crippen LogP contribution is 2.27. The van der Waals surface area contributed by atoms with Crippen molar-refractivity contribution in [2.75, 3.05) is 38.7 Å². The molecule has 0 saturated heterocycles. The molecule has 0 bridgehead atoms. The van der Waals surface area contributed by atoms with E-state index in [1.54, 1.807) is 71.2 Å². The molecule has 0 aliphatic heterocycles. The van der Waals surface area contributed by atoms with Gasteiger partial charge in [0.1, 0.15) is 17.7 Å². The van der Waals surface area contributed by atoms with Gasteiger partial charge in [0.05, 0.1) is 28.6 Å². The van der Waals surface area contributed by atoms with Gasteiger partial charge in [-0.05, 0) is 87.7 Å². The van der Waals surface area contributed by atoms with Gasteiger partial charge in [0, 0.05) is 30.9 Å². The van der Waals surface area contributed by atoms with Crippen LogP contribution in [0.4, 0.5) is 5.69 Å². The Balaban J connectivity index is 1.75. The van der Waals surface area contributed by atoms with Crippen LogP contribution in [0.2, 0.25) is 5.02 Å². The van der Waals surface area contributed by atoms with E-state index < -0.39 is 39.5 Å². The first-order valence-corrected chi connectivity index (χ1v) is 16.4. The second kappa shape index (κ2) is 16.2. The Hall–Kier alpha value is -3.48. The molecule has 0 aliphatic rings. The van der Waals surface area contributed by atoms with E-state index in [0.717, 1.165) is 5.56 Å². The van der Waals surface area contributed by atoms with Crippen LogP contribution in [0.25, 0.3) is 0 Å². The molecule has 244 valence electrons. The number of rotatable bonds is 15. The first-order valence-electron chi connectivity index (χ1n) is 14.5. The summed E-state index contributed by atoms with van der Waals surface area (Å²) in [5.74, 6) is -1.25. The molecule has 0 aromatic heterocycles. The second-order valence-corrected chi connectivity index (χ2v) is 13.6. The third kappa shape index (κ3) is 10.3. The largest absolute Gasteiger partial charge is 0.462 e. The topological polar surface area (TPSA) is 140 Å². The fourth-order valence-corrected chi connectivity index (χ4v) is 5.91. The van der Waals surface area contributed by atoms with E-state index in [-0.39, 0.29) is 28.5 Å².